The summed E-state index contributed by atoms with van der Waals surface area (Å²) in [7, 11) is 0. The highest BCUT2D eigenvalue weighted by molar-refractivity contribution is 7.99. The number of halogens is 1. The molecule has 3 rings (SSSR count). The molecule has 9 heteroatoms. The third-order valence-corrected chi connectivity index (χ3v) is 5.44. The van der Waals surface area contributed by atoms with Gasteiger partial charge in [0.15, 0.2) is 0 Å². The Balaban J connectivity index is 1.39. The van der Waals surface area contributed by atoms with Gasteiger partial charge in [0.25, 0.3) is 5.22 Å². The van der Waals surface area contributed by atoms with Crippen LogP contribution in [0.3, 0.4) is 0 Å². The van der Waals surface area contributed by atoms with Crippen LogP contribution in [0.1, 0.15) is 12.3 Å². The molecule has 1 saturated heterocycles. The maximum atomic E-state index is 13.0. The molecule has 2 aromatic rings. The molecular weight excluding hydrogens is 375 g/mol. The van der Waals surface area contributed by atoms with Gasteiger partial charge in [0.05, 0.1) is 5.75 Å². The van der Waals surface area contributed by atoms with E-state index in [0.29, 0.717) is 42.1 Å². The van der Waals surface area contributed by atoms with Gasteiger partial charge >= 0.3 is 0 Å². The smallest absolute Gasteiger partial charge is 0.276 e. The molecule has 0 radical (unpaired) electrons. The lowest BCUT2D eigenvalue weighted by molar-refractivity contribution is -0.131. The Labute approximate surface area is 160 Å². The molecule has 1 fully saturated rings. The molecule has 0 aliphatic carbocycles. The molecule has 140 valence electrons. The number of nitrogens with zero attached hydrogens (tertiary/aromatic N) is 4. The van der Waals surface area contributed by atoms with Gasteiger partial charge in [-0.15, -0.1) is 10.2 Å². The summed E-state index contributed by atoms with van der Waals surface area (Å²) in [6, 6.07) is 6.48. The van der Waals surface area contributed by atoms with Crippen molar-refractivity contribution in [3.63, 3.8) is 0 Å². The van der Waals surface area contributed by atoms with Gasteiger partial charge in [-0.1, -0.05) is 11.8 Å². The fraction of sp³-hybridized carbons (Fsp3) is 0.471. The summed E-state index contributed by atoms with van der Waals surface area (Å²) in [5.41, 5.74) is 0.992. The molecule has 1 aliphatic rings. The lowest BCUT2D eigenvalue weighted by Gasteiger charge is -2.36. The Kier molecular flexibility index (Phi) is 6.79. The van der Waals surface area contributed by atoms with Crippen LogP contribution in [0.15, 0.2) is 33.9 Å². The van der Waals surface area contributed by atoms with Gasteiger partial charge in [-0.05, 0) is 30.5 Å². The Morgan fingerprint density at radius 2 is 1.92 bits per heavy atom. The van der Waals surface area contributed by atoms with E-state index in [1.54, 1.807) is 23.9 Å². The van der Waals surface area contributed by atoms with E-state index in [1.165, 1.54) is 23.9 Å². The lowest BCUT2D eigenvalue weighted by Crippen LogP contribution is -2.48. The highest BCUT2D eigenvalue weighted by atomic mass is 32.2. The summed E-state index contributed by atoms with van der Waals surface area (Å²) < 4.78 is 18.5. The summed E-state index contributed by atoms with van der Waals surface area (Å²) in [6.45, 7) is 2.87. The summed E-state index contributed by atoms with van der Waals surface area (Å²) in [6.07, 6.45) is 2.42. The molecular formula is C17H21FN4O2S2. The third-order valence-electron chi connectivity index (χ3n) is 4.08. The van der Waals surface area contributed by atoms with Gasteiger partial charge in [-0.2, -0.15) is 11.8 Å². The number of hydrogen-bond acceptors (Lipinski definition) is 7. The number of carbonyl (C=O) groups excluding carboxylic acids is 1. The van der Waals surface area contributed by atoms with Crippen LogP contribution in [0.5, 0.6) is 0 Å². The zero-order chi connectivity index (χ0) is 18.4. The van der Waals surface area contributed by atoms with Crippen molar-refractivity contribution >= 4 is 35.1 Å². The van der Waals surface area contributed by atoms with E-state index in [-0.39, 0.29) is 11.7 Å². The van der Waals surface area contributed by atoms with Crippen molar-refractivity contribution in [3.8, 4) is 0 Å². The molecule has 0 unspecified atom stereocenters. The second kappa shape index (κ2) is 9.27. The molecule has 1 aromatic carbocycles. The van der Waals surface area contributed by atoms with Crippen LogP contribution >= 0.6 is 23.5 Å². The number of amides is 1. The molecule has 2 heterocycles. The topological polar surface area (TPSA) is 62.5 Å². The minimum atomic E-state index is -0.234. The Morgan fingerprint density at radius 3 is 2.62 bits per heavy atom. The molecule has 0 bridgehead atoms. The predicted octanol–water partition coefficient (Wildman–Crippen LogP) is 2.90. The number of aromatic nitrogens is 2. The molecule has 1 amide bonds. The van der Waals surface area contributed by atoms with Gasteiger partial charge < -0.3 is 14.2 Å². The van der Waals surface area contributed by atoms with E-state index in [4.69, 9.17) is 4.42 Å². The first kappa shape index (κ1) is 19.0. The second-order valence-electron chi connectivity index (χ2n) is 5.84. The van der Waals surface area contributed by atoms with Crippen LogP contribution in [0.4, 0.5) is 10.1 Å². The molecule has 6 nitrogen and oxygen atoms in total. The molecule has 26 heavy (non-hydrogen) atoms. The van der Waals surface area contributed by atoms with Gasteiger partial charge in [-0.25, -0.2) is 4.39 Å². The SMILES string of the molecule is CSCc1nnc(SCCC(=O)N2CCN(c3ccc(F)cc3)CC2)o1. The highest BCUT2D eigenvalue weighted by Crippen LogP contribution is 2.20. The zero-order valence-electron chi connectivity index (χ0n) is 14.6. The summed E-state index contributed by atoms with van der Waals surface area (Å²) in [5.74, 6) is 1.84. The molecule has 1 aromatic heterocycles. The average molecular weight is 397 g/mol. The summed E-state index contributed by atoms with van der Waals surface area (Å²) in [5, 5.41) is 8.44. The van der Waals surface area contributed by atoms with Crippen LogP contribution in [0.2, 0.25) is 0 Å². The van der Waals surface area contributed by atoms with Gasteiger partial charge in [0.1, 0.15) is 5.82 Å². The Morgan fingerprint density at radius 1 is 1.19 bits per heavy atom. The summed E-state index contributed by atoms with van der Waals surface area (Å²) >= 11 is 3.04. The van der Waals surface area contributed by atoms with E-state index in [0.717, 1.165) is 18.8 Å². The Hall–Kier alpha value is -1.74. The quantitative estimate of drug-likeness (QED) is 0.667. The number of piperazine rings is 1. The number of thioether (sulfide) groups is 2. The number of benzene rings is 1. The first-order valence-electron chi connectivity index (χ1n) is 8.38. The molecule has 0 saturated carbocycles. The van der Waals surface area contributed by atoms with Crippen LogP contribution in [0, 0.1) is 5.82 Å². The fourth-order valence-corrected chi connectivity index (χ4v) is 3.80. The van der Waals surface area contributed by atoms with Crippen LogP contribution in [0.25, 0.3) is 0 Å². The summed E-state index contributed by atoms with van der Waals surface area (Å²) in [4.78, 5) is 16.4. The predicted molar refractivity (Wildman–Crippen MR) is 102 cm³/mol. The third kappa shape index (κ3) is 5.14. The van der Waals surface area contributed by atoms with Crippen molar-refractivity contribution in [1.29, 1.82) is 0 Å². The lowest BCUT2D eigenvalue weighted by atomic mass is 10.2. The van der Waals surface area contributed by atoms with E-state index in [9.17, 15) is 9.18 Å². The van der Waals surface area contributed by atoms with Crippen molar-refractivity contribution in [1.82, 2.24) is 15.1 Å². The van der Waals surface area contributed by atoms with E-state index in [1.807, 2.05) is 11.2 Å². The molecule has 0 spiro atoms. The van der Waals surface area contributed by atoms with Crippen molar-refractivity contribution in [2.24, 2.45) is 0 Å². The standard InChI is InChI=1S/C17H21FN4O2S2/c1-25-12-15-19-20-17(24-15)26-11-6-16(23)22-9-7-21(8-10-22)14-4-2-13(18)3-5-14/h2-5H,6-12H2,1H3. The second-order valence-corrected chi connectivity index (χ2v) is 7.75. The van der Waals surface area contributed by atoms with Crippen LogP contribution in [-0.2, 0) is 10.5 Å². The maximum Gasteiger partial charge on any atom is 0.276 e. The van der Waals surface area contributed by atoms with Crippen molar-refractivity contribution in [3.05, 3.63) is 36.0 Å². The van der Waals surface area contributed by atoms with Crippen LogP contribution < -0.4 is 4.90 Å². The van der Waals surface area contributed by atoms with Gasteiger partial charge in [0, 0.05) is 44.0 Å². The first-order valence-corrected chi connectivity index (χ1v) is 10.8. The highest BCUT2D eigenvalue weighted by Gasteiger charge is 2.21. The monoisotopic (exact) mass is 396 g/mol. The van der Waals surface area contributed by atoms with Gasteiger partial charge in [0.2, 0.25) is 11.8 Å². The fourth-order valence-electron chi connectivity index (χ4n) is 2.73. The van der Waals surface area contributed by atoms with E-state index in [2.05, 4.69) is 15.1 Å². The molecule has 1 aliphatic heterocycles. The van der Waals surface area contributed by atoms with Crippen molar-refractivity contribution in [2.45, 2.75) is 17.4 Å². The van der Waals surface area contributed by atoms with E-state index < -0.39 is 0 Å². The zero-order valence-corrected chi connectivity index (χ0v) is 16.2. The normalized spacial score (nSPS) is 14.7. The number of rotatable bonds is 7. The minimum Gasteiger partial charge on any atom is -0.415 e. The van der Waals surface area contributed by atoms with Gasteiger partial charge in [-0.3, -0.25) is 4.79 Å². The van der Waals surface area contributed by atoms with Crippen molar-refractivity contribution < 1.29 is 13.6 Å². The largest absolute Gasteiger partial charge is 0.415 e. The molecule has 0 N–H and O–H groups in total. The average Bonchev–Trinajstić information content (AvgIpc) is 3.10. The Bertz CT molecular complexity index is 718. The van der Waals surface area contributed by atoms with Crippen molar-refractivity contribution in [2.75, 3.05) is 43.1 Å². The van der Waals surface area contributed by atoms with E-state index >= 15 is 0 Å². The van der Waals surface area contributed by atoms with Crippen LogP contribution in [-0.4, -0.2) is 59.2 Å². The molecule has 0 atom stereocenters. The minimum absolute atomic E-state index is 0.139. The number of carbonyl (C=O) groups is 1. The first-order chi connectivity index (χ1) is 12.7. The number of hydrogen-bond donors (Lipinski definition) is 0. The number of anilines is 1. The maximum absolute atomic E-state index is 13.0.